The first-order valence-electron chi connectivity index (χ1n) is 6.81. The number of hydrogen-bond donors (Lipinski definition) is 3. The third-order valence-electron chi connectivity index (χ3n) is 3.13. The number of amides is 1. The summed E-state index contributed by atoms with van der Waals surface area (Å²) < 4.78 is 5.63. The predicted molar refractivity (Wildman–Crippen MR) is 78.4 cm³/mol. The number of pyridine rings is 1. The maximum atomic E-state index is 11.0. The monoisotopic (exact) mass is 278 g/mol. The summed E-state index contributed by atoms with van der Waals surface area (Å²) in [5.74, 6) is 1.34. The van der Waals surface area contributed by atoms with Gasteiger partial charge in [0.15, 0.2) is 0 Å². The van der Waals surface area contributed by atoms with Crippen LogP contribution in [0.3, 0.4) is 0 Å². The molecule has 1 fully saturated rings. The highest BCUT2D eigenvalue weighted by atomic mass is 16.5. The molecule has 2 rings (SSSR count). The molecule has 0 atom stereocenters. The zero-order valence-corrected chi connectivity index (χ0v) is 12.0. The molecular weight excluding hydrogens is 256 g/mol. The molecule has 1 heterocycles. The Balaban J connectivity index is 2.03. The predicted octanol–water partition coefficient (Wildman–Crippen LogP) is 1.52. The highest BCUT2D eigenvalue weighted by Gasteiger charge is 2.23. The van der Waals surface area contributed by atoms with Gasteiger partial charge < -0.3 is 21.5 Å². The van der Waals surface area contributed by atoms with Gasteiger partial charge >= 0.3 is 0 Å². The molecule has 110 valence electrons. The number of rotatable bonds is 7. The Kier molecular flexibility index (Phi) is 4.01. The molecule has 1 aromatic rings. The number of aromatic nitrogens is 1. The molecule has 1 amide bonds. The maximum absolute atomic E-state index is 11.0. The second kappa shape index (κ2) is 5.56. The third kappa shape index (κ3) is 4.29. The summed E-state index contributed by atoms with van der Waals surface area (Å²) in [7, 11) is 0. The van der Waals surface area contributed by atoms with E-state index in [4.69, 9.17) is 16.2 Å². The quantitative estimate of drug-likeness (QED) is 0.701. The van der Waals surface area contributed by atoms with Crippen LogP contribution in [0.2, 0.25) is 0 Å². The van der Waals surface area contributed by atoms with E-state index < -0.39 is 5.54 Å². The Morgan fingerprint density at radius 1 is 1.50 bits per heavy atom. The van der Waals surface area contributed by atoms with Crippen LogP contribution in [0.1, 0.15) is 33.1 Å². The van der Waals surface area contributed by atoms with Crippen LogP contribution in [0.25, 0.3) is 0 Å². The normalized spacial score (nSPS) is 14.9. The fourth-order valence-corrected chi connectivity index (χ4v) is 1.94. The third-order valence-corrected chi connectivity index (χ3v) is 3.13. The topological polar surface area (TPSA) is 103 Å². The first-order valence-corrected chi connectivity index (χ1v) is 6.81. The number of nitrogen functional groups attached to an aromatic ring is 1. The standard InChI is InChI=1S/C14H22N4O2/c1-14(2,7-11(16)19)18-12-6-5-10(15)13(17-12)20-8-9-3-4-9/h5-6,9H,3-4,7-8,15H2,1-2H3,(H2,16,19)(H,17,18). The van der Waals surface area contributed by atoms with Crippen LogP contribution >= 0.6 is 0 Å². The largest absolute Gasteiger partial charge is 0.476 e. The lowest BCUT2D eigenvalue weighted by Gasteiger charge is -2.25. The maximum Gasteiger partial charge on any atom is 0.239 e. The SMILES string of the molecule is CC(C)(CC(N)=O)Nc1ccc(N)c(OCC2CC2)n1. The van der Waals surface area contributed by atoms with Gasteiger partial charge in [-0.15, -0.1) is 0 Å². The van der Waals surface area contributed by atoms with Crippen LogP contribution in [0.5, 0.6) is 5.88 Å². The summed E-state index contributed by atoms with van der Waals surface area (Å²) in [6, 6.07) is 3.51. The van der Waals surface area contributed by atoms with E-state index in [0.717, 1.165) is 0 Å². The molecule has 5 N–H and O–H groups in total. The second-order valence-electron chi connectivity index (χ2n) is 6.00. The van der Waals surface area contributed by atoms with Crippen molar-refractivity contribution in [1.82, 2.24) is 4.98 Å². The van der Waals surface area contributed by atoms with Crippen LogP contribution in [0.15, 0.2) is 12.1 Å². The average Bonchev–Trinajstić information content (AvgIpc) is 3.11. The Morgan fingerprint density at radius 2 is 2.20 bits per heavy atom. The Hall–Kier alpha value is -1.98. The van der Waals surface area contributed by atoms with E-state index in [2.05, 4.69) is 10.3 Å². The number of carbonyl (C=O) groups excluding carboxylic acids is 1. The van der Waals surface area contributed by atoms with Crippen molar-refractivity contribution < 1.29 is 9.53 Å². The summed E-state index contributed by atoms with van der Waals surface area (Å²) in [6.45, 7) is 4.44. The lowest BCUT2D eigenvalue weighted by molar-refractivity contribution is -0.118. The van der Waals surface area contributed by atoms with Crippen molar-refractivity contribution in [2.45, 2.75) is 38.6 Å². The molecule has 0 radical (unpaired) electrons. The molecule has 0 unspecified atom stereocenters. The average molecular weight is 278 g/mol. The molecule has 1 saturated carbocycles. The summed E-state index contributed by atoms with van der Waals surface area (Å²) in [6.07, 6.45) is 2.64. The number of primary amides is 1. The molecule has 1 aliphatic carbocycles. The Labute approximate surface area is 118 Å². The van der Waals surface area contributed by atoms with Gasteiger partial charge in [0, 0.05) is 12.0 Å². The first kappa shape index (κ1) is 14.4. The number of ether oxygens (including phenoxy) is 1. The van der Waals surface area contributed by atoms with Crippen molar-refractivity contribution in [2.24, 2.45) is 11.7 Å². The molecule has 0 bridgehead atoms. The Morgan fingerprint density at radius 3 is 2.80 bits per heavy atom. The molecule has 6 heteroatoms. The number of carbonyl (C=O) groups is 1. The van der Waals surface area contributed by atoms with Crippen molar-refractivity contribution in [3.63, 3.8) is 0 Å². The minimum absolute atomic E-state index is 0.220. The minimum atomic E-state index is -0.470. The van der Waals surface area contributed by atoms with Crippen molar-refractivity contribution in [2.75, 3.05) is 17.7 Å². The van der Waals surface area contributed by atoms with E-state index in [1.807, 2.05) is 13.8 Å². The van der Waals surface area contributed by atoms with Gasteiger partial charge in [-0.2, -0.15) is 4.98 Å². The molecular formula is C14H22N4O2. The van der Waals surface area contributed by atoms with E-state index in [-0.39, 0.29) is 12.3 Å². The molecule has 6 nitrogen and oxygen atoms in total. The number of nitrogens with zero attached hydrogens (tertiary/aromatic N) is 1. The van der Waals surface area contributed by atoms with Gasteiger partial charge in [0.05, 0.1) is 12.3 Å². The van der Waals surface area contributed by atoms with E-state index in [9.17, 15) is 4.79 Å². The summed E-state index contributed by atoms with van der Waals surface area (Å²) >= 11 is 0. The van der Waals surface area contributed by atoms with Gasteiger partial charge in [-0.25, -0.2) is 0 Å². The second-order valence-corrected chi connectivity index (χ2v) is 6.00. The molecule has 0 aromatic carbocycles. The van der Waals surface area contributed by atoms with Crippen LogP contribution < -0.4 is 21.5 Å². The van der Waals surface area contributed by atoms with E-state index >= 15 is 0 Å². The first-order chi connectivity index (χ1) is 9.35. The van der Waals surface area contributed by atoms with Crippen LogP contribution in [-0.4, -0.2) is 23.0 Å². The summed E-state index contributed by atoms with van der Waals surface area (Å²) in [5.41, 5.74) is 11.1. The van der Waals surface area contributed by atoms with Crippen molar-refractivity contribution >= 4 is 17.4 Å². The van der Waals surface area contributed by atoms with Crippen molar-refractivity contribution in [1.29, 1.82) is 0 Å². The van der Waals surface area contributed by atoms with Gasteiger partial charge in [-0.3, -0.25) is 4.79 Å². The van der Waals surface area contributed by atoms with Gasteiger partial charge in [0.1, 0.15) is 5.82 Å². The minimum Gasteiger partial charge on any atom is -0.476 e. The zero-order valence-electron chi connectivity index (χ0n) is 12.0. The number of nitrogens with two attached hydrogens (primary N) is 2. The zero-order chi connectivity index (χ0) is 14.8. The summed E-state index contributed by atoms with van der Waals surface area (Å²) in [5, 5.41) is 3.17. The fraction of sp³-hybridized carbons (Fsp3) is 0.571. The highest BCUT2D eigenvalue weighted by molar-refractivity contribution is 5.75. The Bertz CT molecular complexity index is 498. The van der Waals surface area contributed by atoms with Crippen LogP contribution in [0, 0.1) is 5.92 Å². The summed E-state index contributed by atoms with van der Waals surface area (Å²) in [4.78, 5) is 15.4. The fourth-order valence-electron chi connectivity index (χ4n) is 1.94. The number of anilines is 2. The van der Waals surface area contributed by atoms with E-state index in [1.165, 1.54) is 12.8 Å². The lowest BCUT2D eigenvalue weighted by atomic mass is 10.0. The van der Waals surface area contributed by atoms with Crippen molar-refractivity contribution in [3.8, 4) is 5.88 Å². The van der Waals surface area contributed by atoms with Crippen LogP contribution in [0.4, 0.5) is 11.5 Å². The van der Waals surface area contributed by atoms with Gasteiger partial charge in [-0.05, 0) is 44.7 Å². The smallest absolute Gasteiger partial charge is 0.239 e. The van der Waals surface area contributed by atoms with Crippen LogP contribution in [-0.2, 0) is 4.79 Å². The van der Waals surface area contributed by atoms with E-state index in [0.29, 0.717) is 29.9 Å². The molecule has 0 saturated heterocycles. The molecule has 1 aliphatic rings. The number of nitrogens with one attached hydrogen (secondary N) is 1. The lowest BCUT2D eigenvalue weighted by Crippen LogP contribution is -2.36. The molecule has 0 spiro atoms. The van der Waals surface area contributed by atoms with Gasteiger partial charge in [0.25, 0.3) is 0 Å². The molecule has 1 aromatic heterocycles. The highest BCUT2D eigenvalue weighted by Crippen LogP contribution is 2.31. The van der Waals surface area contributed by atoms with E-state index in [1.54, 1.807) is 12.1 Å². The van der Waals surface area contributed by atoms with Gasteiger partial charge in [0.2, 0.25) is 11.8 Å². The number of hydrogen-bond acceptors (Lipinski definition) is 5. The van der Waals surface area contributed by atoms with Gasteiger partial charge in [-0.1, -0.05) is 0 Å². The molecule has 20 heavy (non-hydrogen) atoms. The van der Waals surface area contributed by atoms with Crippen molar-refractivity contribution in [3.05, 3.63) is 12.1 Å². The molecule has 0 aliphatic heterocycles.